The SMILES string of the molecule is CCOC(=O)c1c(CN2CCC(CO)CC2)n(C)c2cc(C#N)c(O)cc12. The number of aromatic hydroxyl groups is 1. The van der Waals surface area contributed by atoms with Crippen LogP contribution < -0.4 is 0 Å². The Hall–Kier alpha value is -2.56. The molecule has 0 unspecified atom stereocenters. The zero-order valence-corrected chi connectivity index (χ0v) is 15.7. The van der Waals surface area contributed by atoms with E-state index in [9.17, 15) is 20.3 Å². The number of ether oxygens (including phenoxy) is 1. The van der Waals surface area contributed by atoms with Gasteiger partial charge >= 0.3 is 5.97 Å². The third kappa shape index (κ3) is 3.64. The van der Waals surface area contributed by atoms with Crippen LogP contribution in [0.25, 0.3) is 10.9 Å². The van der Waals surface area contributed by atoms with Crippen LogP contribution in [0.1, 0.15) is 41.4 Å². The molecule has 2 aromatic rings. The third-order valence-electron chi connectivity index (χ3n) is 5.38. The number of rotatable bonds is 5. The summed E-state index contributed by atoms with van der Waals surface area (Å²) in [5.41, 5.74) is 2.14. The Labute approximate surface area is 158 Å². The van der Waals surface area contributed by atoms with E-state index in [4.69, 9.17) is 4.74 Å². The number of phenolic OH excluding ortho intramolecular Hbond substituents is 1. The summed E-state index contributed by atoms with van der Waals surface area (Å²) in [6.45, 7) is 4.51. The number of phenols is 1. The maximum atomic E-state index is 12.7. The quantitative estimate of drug-likeness (QED) is 0.782. The monoisotopic (exact) mass is 371 g/mol. The second-order valence-corrected chi connectivity index (χ2v) is 7.00. The van der Waals surface area contributed by atoms with E-state index in [2.05, 4.69) is 4.90 Å². The molecule has 1 aromatic heterocycles. The molecule has 144 valence electrons. The normalized spacial score (nSPS) is 15.8. The Morgan fingerprint density at radius 2 is 2.07 bits per heavy atom. The predicted octanol–water partition coefficient (Wildman–Crippen LogP) is 2.14. The first-order valence-electron chi connectivity index (χ1n) is 9.24. The number of aliphatic hydroxyl groups excluding tert-OH is 1. The largest absolute Gasteiger partial charge is 0.507 e. The van der Waals surface area contributed by atoms with E-state index in [1.807, 2.05) is 17.7 Å². The van der Waals surface area contributed by atoms with E-state index in [-0.39, 0.29) is 24.5 Å². The standard InChI is InChI=1S/C20H25N3O4/c1-3-27-20(26)19-15-9-18(25)14(10-21)8-16(15)22(2)17(19)11-23-6-4-13(12-24)5-7-23/h8-9,13,24-25H,3-7,11-12H2,1-2H3. The van der Waals surface area contributed by atoms with E-state index in [1.54, 1.807) is 13.0 Å². The van der Waals surface area contributed by atoms with Crippen molar-refractivity contribution >= 4 is 16.9 Å². The fourth-order valence-corrected chi connectivity index (χ4v) is 3.77. The number of benzene rings is 1. The Morgan fingerprint density at radius 3 is 2.67 bits per heavy atom. The van der Waals surface area contributed by atoms with Gasteiger partial charge in [0.1, 0.15) is 11.8 Å². The van der Waals surface area contributed by atoms with Crippen molar-refractivity contribution < 1.29 is 19.7 Å². The summed E-state index contributed by atoms with van der Waals surface area (Å²) in [5, 5.41) is 29.2. The minimum Gasteiger partial charge on any atom is -0.507 e. The minimum absolute atomic E-state index is 0.142. The fourth-order valence-electron chi connectivity index (χ4n) is 3.77. The van der Waals surface area contributed by atoms with E-state index in [0.29, 0.717) is 28.9 Å². The fraction of sp³-hybridized carbons (Fsp3) is 0.500. The molecule has 2 heterocycles. The van der Waals surface area contributed by atoms with Gasteiger partial charge in [-0.25, -0.2) is 4.79 Å². The smallest absolute Gasteiger partial charge is 0.340 e. The average molecular weight is 371 g/mol. The maximum Gasteiger partial charge on any atom is 0.340 e. The van der Waals surface area contributed by atoms with Gasteiger partial charge in [0.2, 0.25) is 0 Å². The molecule has 7 nitrogen and oxygen atoms in total. The zero-order chi connectivity index (χ0) is 19.6. The van der Waals surface area contributed by atoms with Crippen molar-refractivity contribution in [1.82, 2.24) is 9.47 Å². The minimum atomic E-state index is -0.424. The van der Waals surface area contributed by atoms with Crippen LogP contribution in [0.15, 0.2) is 12.1 Å². The molecule has 1 aliphatic rings. The highest BCUT2D eigenvalue weighted by atomic mass is 16.5. The summed E-state index contributed by atoms with van der Waals surface area (Å²) in [4.78, 5) is 14.9. The number of hydrogen-bond donors (Lipinski definition) is 2. The maximum absolute atomic E-state index is 12.7. The van der Waals surface area contributed by atoms with Crippen LogP contribution in [0.3, 0.4) is 0 Å². The molecule has 1 aliphatic heterocycles. The van der Waals surface area contributed by atoms with E-state index in [0.717, 1.165) is 31.6 Å². The summed E-state index contributed by atoms with van der Waals surface area (Å²) in [5.74, 6) is -0.225. The molecule has 0 spiro atoms. The summed E-state index contributed by atoms with van der Waals surface area (Å²) in [6.07, 6.45) is 1.85. The topological polar surface area (TPSA) is 98.7 Å². The van der Waals surface area contributed by atoms with Gasteiger partial charge in [0.05, 0.1) is 23.3 Å². The van der Waals surface area contributed by atoms with Gasteiger partial charge in [-0.05, 0) is 50.9 Å². The second-order valence-electron chi connectivity index (χ2n) is 7.00. The Bertz CT molecular complexity index is 889. The molecule has 1 fully saturated rings. The summed E-state index contributed by atoms with van der Waals surface area (Å²) in [6, 6.07) is 5.06. The number of nitrogens with zero attached hydrogens (tertiary/aromatic N) is 3. The van der Waals surface area contributed by atoms with Gasteiger partial charge < -0.3 is 19.5 Å². The molecule has 1 saturated heterocycles. The number of piperidine rings is 1. The Kier molecular flexibility index (Phi) is 5.68. The van der Waals surface area contributed by atoms with Gasteiger partial charge in [-0.3, -0.25) is 4.90 Å². The van der Waals surface area contributed by atoms with Gasteiger partial charge in [0, 0.05) is 31.3 Å². The molecule has 27 heavy (non-hydrogen) atoms. The van der Waals surface area contributed by atoms with Gasteiger partial charge in [-0.2, -0.15) is 5.26 Å². The Balaban J connectivity index is 2.04. The zero-order valence-electron chi connectivity index (χ0n) is 15.7. The molecule has 0 atom stereocenters. The molecule has 2 N–H and O–H groups in total. The lowest BCUT2D eigenvalue weighted by atomic mass is 9.97. The van der Waals surface area contributed by atoms with Crippen molar-refractivity contribution in [1.29, 1.82) is 5.26 Å². The number of aryl methyl sites for hydroxylation is 1. The molecule has 0 amide bonds. The predicted molar refractivity (Wildman–Crippen MR) is 100 cm³/mol. The van der Waals surface area contributed by atoms with Crippen molar-refractivity contribution in [2.45, 2.75) is 26.3 Å². The third-order valence-corrected chi connectivity index (χ3v) is 5.38. The summed E-state index contributed by atoms with van der Waals surface area (Å²) >= 11 is 0. The molecule has 0 bridgehead atoms. The first kappa shape index (κ1) is 19.2. The molecule has 0 aliphatic carbocycles. The molecular weight excluding hydrogens is 346 g/mol. The number of hydrogen-bond acceptors (Lipinski definition) is 6. The van der Waals surface area contributed by atoms with Gasteiger partial charge in [-0.15, -0.1) is 0 Å². The van der Waals surface area contributed by atoms with Crippen LogP contribution in [-0.4, -0.2) is 52.0 Å². The van der Waals surface area contributed by atoms with Crippen molar-refractivity contribution in [2.24, 2.45) is 13.0 Å². The van der Waals surface area contributed by atoms with Gasteiger partial charge in [0.25, 0.3) is 0 Å². The summed E-state index contributed by atoms with van der Waals surface area (Å²) < 4.78 is 7.16. The summed E-state index contributed by atoms with van der Waals surface area (Å²) in [7, 11) is 1.86. The van der Waals surface area contributed by atoms with E-state index in [1.165, 1.54) is 6.07 Å². The highest BCUT2D eigenvalue weighted by Gasteiger charge is 2.26. The second kappa shape index (κ2) is 7.99. The lowest BCUT2D eigenvalue weighted by Crippen LogP contribution is -2.35. The van der Waals surface area contributed by atoms with Crippen LogP contribution in [0.4, 0.5) is 0 Å². The van der Waals surface area contributed by atoms with Crippen molar-refractivity contribution in [2.75, 3.05) is 26.3 Å². The Morgan fingerprint density at radius 1 is 1.37 bits per heavy atom. The molecule has 0 radical (unpaired) electrons. The first-order valence-corrected chi connectivity index (χ1v) is 9.24. The van der Waals surface area contributed by atoms with Crippen LogP contribution in [0, 0.1) is 17.2 Å². The van der Waals surface area contributed by atoms with Crippen LogP contribution >= 0.6 is 0 Å². The van der Waals surface area contributed by atoms with Gasteiger partial charge in [-0.1, -0.05) is 0 Å². The molecule has 0 saturated carbocycles. The molecule has 1 aromatic carbocycles. The number of aliphatic hydroxyl groups is 1. The number of aromatic nitrogens is 1. The van der Waals surface area contributed by atoms with Crippen molar-refractivity contribution in [3.63, 3.8) is 0 Å². The first-order chi connectivity index (χ1) is 13.0. The molecular formula is C20H25N3O4. The van der Waals surface area contributed by atoms with Crippen LogP contribution in [0.5, 0.6) is 5.75 Å². The van der Waals surface area contributed by atoms with Crippen molar-refractivity contribution in [3.05, 3.63) is 29.0 Å². The molecule has 7 heteroatoms. The van der Waals surface area contributed by atoms with Crippen LogP contribution in [0.2, 0.25) is 0 Å². The van der Waals surface area contributed by atoms with Gasteiger partial charge in [0.15, 0.2) is 0 Å². The number of nitriles is 1. The number of likely N-dealkylation sites (tertiary alicyclic amines) is 1. The number of fused-ring (bicyclic) bond motifs is 1. The molecule has 3 rings (SSSR count). The highest BCUT2D eigenvalue weighted by Crippen LogP contribution is 2.33. The number of carbonyl (C=O) groups excluding carboxylic acids is 1. The van der Waals surface area contributed by atoms with Crippen molar-refractivity contribution in [3.8, 4) is 11.8 Å². The number of esters is 1. The van der Waals surface area contributed by atoms with Crippen LogP contribution in [-0.2, 0) is 18.3 Å². The average Bonchev–Trinajstić information content (AvgIpc) is 2.93. The highest BCUT2D eigenvalue weighted by molar-refractivity contribution is 6.06. The lowest BCUT2D eigenvalue weighted by molar-refractivity contribution is 0.0524. The lowest BCUT2D eigenvalue weighted by Gasteiger charge is -2.31. The number of carbonyl (C=O) groups is 1. The van der Waals surface area contributed by atoms with E-state index >= 15 is 0 Å². The van der Waals surface area contributed by atoms with E-state index < -0.39 is 5.97 Å².